The number of amides is 1. The minimum Gasteiger partial charge on any atom is -0.320 e. The maximum Gasteiger partial charge on any atom is 0.258 e. The van der Waals surface area contributed by atoms with Crippen LogP contribution in [0.15, 0.2) is 34.9 Å². The summed E-state index contributed by atoms with van der Waals surface area (Å²) in [4.78, 5) is 16.0. The van der Waals surface area contributed by atoms with Gasteiger partial charge in [-0.25, -0.2) is 13.8 Å². The minimum absolute atomic E-state index is 0.345. The Bertz CT molecular complexity index is 647. The van der Waals surface area contributed by atoms with Gasteiger partial charge >= 0.3 is 0 Å². The molecule has 0 bridgehead atoms. The van der Waals surface area contributed by atoms with E-state index in [0.29, 0.717) is 16.0 Å². The van der Waals surface area contributed by atoms with E-state index >= 15 is 0 Å². The highest BCUT2D eigenvalue weighted by atomic mass is 79.9. The van der Waals surface area contributed by atoms with E-state index in [0.717, 1.165) is 6.07 Å². The molecule has 1 amide bonds. The molecule has 98 valence electrons. The van der Waals surface area contributed by atoms with Crippen molar-refractivity contribution in [3.63, 3.8) is 0 Å². The number of aryl methyl sites for hydroxylation is 1. The summed E-state index contributed by atoms with van der Waals surface area (Å²) in [5, 5.41) is 2.49. The third-order valence-electron chi connectivity index (χ3n) is 2.50. The van der Waals surface area contributed by atoms with E-state index in [-0.39, 0.29) is 5.56 Å². The van der Waals surface area contributed by atoms with Crippen LogP contribution in [-0.4, -0.2) is 10.9 Å². The highest BCUT2D eigenvalue weighted by Gasteiger charge is 2.15. The monoisotopic (exact) mass is 326 g/mol. The molecule has 2 aromatic rings. The number of halogens is 3. The molecule has 1 aromatic carbocycles. The largest absolute Gasteiger partial charge is 0.320 e. The van der Waals surface area contributed by atoms with E-state index in [1.54, 1.807) is 19.1 Å². The lowest BCUT2D eigenvalue weighted by molar-refractivity contribution is 0.102. The van der Waals surface area contributed by atoms with Crippen molar-refractivity contribution in [1.82, 2.24) is 4.98 Å². The van der Waals surface area contributed by atoms with Crippen LogP contribution >= 0.6 is 15.9 Å². The standard InChI is InChI=1S/C13H9BrF2N2O/c1-7-10(5-6-11(14)17-7)18-13(19)8-3-2-4-9(15)12(8)16/h2-6H,1H3,(H,18,19). The first-order chi connectivity index (χ1) is 8.99. The van der Waals surface area contributed by atoms with E-state index in [1.165, 1.54) is 12.1 Å². The second-order valence-corrected chi connectivity index (χ2v) is 4.63. The highest BCUT2D eigenvalue weighted by molar-refractivity contribution is 9.10. The number of benzene rings is 1. The summed E-state index contributed by atoms with van der Waals surface area (Å²) in [6.07, 6.45) is 0. The van der Waals surface area contributed by atoms with Crippen molar-refractivity contribution in [2.24, 2.45) is 0 Å². The summed E-state index contributed by atoms with van der Waals surface area (Å²) in [7, 11) is 0. The van der Waals surface area contributed by atoms with Crippen molar-refractivity contribution < 1.29 is 13.6 Å². The van der Waals surface area contributed by atoms with Crippen LogP contribution in [0.25, 0.3) is 0 Å². The average molecular weight is 327 g/mol. The fourth-order valence-corrected chi connectivity index (χ4v) is 1.93. The van der Waals surface area contributed by atoms with Gasteiger partial charge in [0.05, 0.1) is 16.9 Å². The van der Waals surface area contributed by atoms with Gasteiger partial charge in [0, 0.05) is 0 Å². The molecule has 1 heterocycles. The lowest BCUT2D eigenvalue weighted by Crippen LogP contribution is -2.15. The molecule has 3 nitrogen and oxygen atoms in total. The van der Waals surface area contributed by atoms with Gasteiger partial charge in [0.2, 0.25) is 0 Å². The molecular formula is C13H9BrF2N2O. The zero-order valence-corrected chi connectivity index (χ0v) is 11.5. The number of anilines is 1. The van der Waals surface area contributed by atoms with Crippen LogP contribution in [0, 0.1) is 18.6 Å². The van der Waals surface area contributed by atoms with Crippen molar-refractivity contribution in [3.05, 3.63) is 57.8 Å². The zero-order chi connectivity index (χ0) is 14.0. The van der Waals surface area contributed by atoms with Crippen molar-refractivity contribution in [2.75, 3.05) is 5.32 Å². The summed E-state index contributed by atoms with van der Waals surface area (Å²) in [6.45, 7) is 1.70. The second-order valence-electron chi connectivity index (χ2n) is 3.82. The molecule has 1 aromatic heterocycles. The molecule has 6 heteroatoms. The van der Waals surface area contributed by atoms with Gasteiger partial charge in [-0.15, -0.1) is 0 Å². The zero-order valence-electron chi connectivity index (χ0n) is 9.88. The van der Waals surface area contributed by atoms with Gasteiger partial charge in [-0.3, -0.25) is 4.79 Å². The second kappa shape index (κ2) is 5.44. The quantitative estimate of drug-likeness (QED) is 0.855. The summed E-state index contributed by atoms with van der Waals surface area (Å²) < 4.78 is 27.1. The van der Waals surface area contributed by atoms with E-state index in [4.69, 9.17) is 0 Å². The molecular weight excluding hydrogens is 318 g/mol. The fraction of sp³-hybridized carbons (Fsp3) is 0.0769. The Hall–Kier alpha value is -1.82. The molecule has 19 heavy (non-hydrogen) atoms. The molecule has 0 aliphatic rings. The number of hydrogen-bond acceptors (Lipinski definition) is 2. The molecule has 0 saturated carbocycles. The normalized spacial score (nSPS) is 10.3. The van der Waals surface area contributed by atoms with Crippen LogP contribution in [0.4, 0.5) is 14.5 Å². The van der Waals surface area contributed by atoms with Gasteiger partial charge in [-0.1, -0.05) is 6.07 Å². The number of rotatable bonds is 2. The van der Waals surface area contributed by atoms with E-state index in [1.807, 2.05) is 0 Å². The van der Waals surface area contributed by atoms with Crippen LogP contribution in [0.2, 0.25) is 0 Å². The Morgan fingerprint density at radius 3 is 2.68 bits per heavy atom. The van der Waals surface area contributed by atoms with Gasteiger partial charge in [-0.2, -0.15) is 0 Å². The third kappa shape index (κ3) is 2.96. The number of carbonyl (C=O) groups is 1. The smallest absolute Gasteiger partial charge is 0.258 e. The number of pyridine rings is 1. The van der Waals surface area contributed by atoms with Gasteiger partial charge < -0.3 is 5.32 Å². The Kier molecular flexibility index (Phi) is 3.90. The Morgan fingerprint density at radius 2 is 2.00 bits per heavy atom. The van der Waals surface area contributed by atoms with E-state index < -0.39 is 17.5 Å². The predicted molar refractivity (Wildman–Crippen MR) is 71.0 cm³/mol. The first-order valence-electron chi connectivity index (χ1n) is 5.37. The first kappa shape index (κ1) is 13.6. The first-order valence-corrected chi connectivity index (χ1v) is 6.17. The van der Waals surface area contributed by atoms with Crippen molar-refractivity contribution in [1.29, 1.82) is 0 Å². The maximum absolute atomic E-state index is 13.5. The summed E-state index contributed by atoms with van der Waals surface area (Å²) in [5.41, 5.74) is 0.665. The van der Waals surface area contributed by atoms with Gasteiger partial charge in [0.25, 0.3) is 5.91 Å². The number of aromatic nitrogens is 1. The number of carbonyl (C=O) groups excluding carboxylic acids is 1. The molecule has 1 N–H and O–H groups in total. The van der Waals surface area contributed by atoms with Gasteiger partial charge in [0.15, 0.2) is 11.6 Å². The number of nitrogens with one attached hydrogen (secondary N) is 1. The fourth-order valence-electron chi connectivity index (χ4n) is 1.53. The van der Waals surface area contributed by atoms with E-state index in [2.05, 4.69) is 26.2 Å². The Morgan fingerprint density at radius 1 is 1.26 bits per heavy atom. The minimum atomic E-state index is -1.16. The van der Waals surface area contributed by atoms with Gasteiger partial charge in [0.1, 0.15) is 4.60 Å². The SMILES string of the molecule is Cc1nc(Br)ccc1NC(=O)c1cccc(F)c1F. The molecule has 0 aliphatic carbocycles. The molecule has 0 unspecified atom stereocenters. The van der Waals surface area contributed by atoms with E-state index in [9.17, 15) is 13.6 Å². The van der Waals surface area contributed by atoms with Crippen LogP contribution in [0.1, 0.15) is 16.1 Å². The molecule has 0 spiro atoms. The average Bonchev–Trinajstić information content (AvgIpc) is 2.36. The van der Waals surface area contributed by atoms with Crippen LogP contribution in [-0.2, 0) is 0 Å². The summed E-state index contributed by atoms with van der Waals surface area (Å²) >= 11 is 3.20. The summed E-state index contributed by atoms with van der Waals surface area (Å²) in [6, 6.07) is 6.72. The molecule has 0 saturated heterocycles. The van der Waals surface area contributed by atoms with Crippen LogP contribution < -0.4 is 5.32 Å². The number of hydrogen-bond donors (Lipinski definition) is 1. The molecule has 0 aliphatic heterocycles. The lowest BCUT2D eigenvalue weighted by atomic mass is 10.2. The summed E-state index contributed by atoms with van der Waals surface area (Å²) in [5.74, 6) is -2.94. The predicted octanol–water partition coefficient (Wildman–Crippen LogP) is 3.68. The van der Waals surface area contributed by atoms with Gasteiger partial charge in [-0.05, 0) is 47.1 Å². The topological polar surface area (TPSA) is 42.0 Å². The van der Waals surface area contributed by atoms with Crippen molar-refractivity contribution in [3.8, 4) is 0 Å². The van der Waals surface area contributed by atoms with Crippen LogP contribution in [0.5, 0.6) is 0 Å². The Balaban J connectivity index is 2.28. The molecule has 0 radical (unpaired) electrons. The third-order valence-corrected chi connectivity index (χ3v) is 2.94. The molecule has 2 rings (SSSR count). The van der Waals surface area contributed by atoms with Crippen molar-refractivity contribution >= 4 is 27.5 Å². The molecule has 0 atom stereocenters. The highest BCUT2D eigenvalue weighted by Crippen LogP contribution is 2.18. The van der Waals surface area contributed by atoms with Crippen molar-refractivity contribution in [2.45, 2.75) is 6.92 Å². The Labute approximate surface area is 116 Å². The van der Waals surface area contributed by atoms with Crippen LogP contribution in [0.3, 0.4) is 0 Å². The molecule has 0 fully saturated rings. The lowest BCUT2D eigenvalue weighted by Gasteiger charge is -2.08. The number of nitrogens with zero attached hydrogens (tertiary/aromatic N) is 1. The maximum atomic E-state index is 13.5.